The van der Waals surface area contributed by atoms with Crippen molar-refractivity contribution in [2.45, 2.75) is 0 Å². The smallest absolute Gasteiger partial charge is 0.145 e. The van der Waals surface area contributed by atoms with E-state index < -0.39 is 0 Å². The van der Waals surface area contributed by atoms with Gasteiger partial charge >= 0.3 is 0 Å². The van der Waals surface area contributed by atoms with Crippen molar-refractivity contribution >= 4 is 64.3 Å². The highest BCUT2D eigenvalue weighted by Gasteiger charge is 2.21. The molecule has 0 fully saturated rings. The van der Waals surface area contributed by atoms with Crippen molar-refractivity contribution in [3.63, 3.8) is 0 Å². The lowest BCUT2D eigenvalue weighted by atomic mass is 9.93. The van der Waals surface area contributed by atoms with E-state index in [1.54, 1.807) is 0 Å². The lowest BCUT2D eigenvalue weighted by Gasteiger charge is -2.12. The third-order valence-electron chi connectivity index (χ3n) is 12.9. The monoisotopic (exact) mass is 845 g/mol. The van der Waals surface area contributed by atoms with Crippen LogP contribution in [0.15, 0.2) is 237 Å². The molecule has 0 unspecified atom stereocenters. The predicted octanol–water partition coefficient (Wildman–Crippen LogP) is 16.8. The maximum absolute atomic E-state index is 5.15. The van der Waals surface area contributed by atoms with E-state index in [4.69, 9.17) is 4.98 Å². The van der Waals surface area contributed by atoms with Crippen LogP contribution in [0.5, 0.6) is 0 Å². The molecule has 0 aliphatic rings. The molecule has 0 aliphatic heterocycles. The van der Waals surface area contributed by atoms with Crippen LogP contribution in [0.2, 0.25) is 0 Å². The molecule has 0 aliphatic carbocycles. The van der Waals surface area contributed by atoms with Gasteiger partial charge in [0.05, 0.1) is 22.1 Å². The Hall–Kier alpha value is -8.31. The molecule has 0 saturated heterocycles. The molecule has 3 nitrogen and oxygen atoms in total. The number of para-hydroxylation sites is 4. The molecule has 0 spiro atoms. The van der Waals surface area contributed by atoms with Crippen molar-refractivity contribution in [1.82, 2.24) is 14.1 Å². The minimum atomic E-state index is 0.924. The van der Waals surface area contributed by atoms with E-state index >= 15 is 0 Å². The summed E-state index contributed by atoms with van der Waals surface area (Å²) in [7, 11) is 0. The summed E-state index contributed by atoms with van der Waals surface area (Å²) >= 11 is 1.91. The summed E-state index contributed by atoms with van der Waals surface area (Å²) in [4.78, 5) is 5.15. The van der Waals surface area contributed by atoms with Crippen molar-refractivity contribution in [3.05, 3.63) is 237 Å². The van der Waals surface area contributed by atoms with E-state index in [2.05, 4.69) is 246 Å². The molecule has 0 bridgehead atoms. The minimum absolute atomic E-state index is 0.924. The van der Waals surface area contributed by atoms with Gasteiger partial charge in [0, 0.05) is 59.0 Å². The van der Waals surface area contributed by atoms with Crippen LogP contribution >= 0.6 is 11.3 Å². The molecule has 0 saturated carbocycles. The van der Waals surface area contributed by atoms with E-state index in [9.17, 15) is 0 Å². The number of benzene rings is 10. The van der Waals surface area contributed by atoms with Crippen LogP contribution in [-0.4, -0.2) is 14.1 Å². The number of hydrogen-bond donors (Lipinski definition) is 0. The largest absolute Gasteiger partial charge is 0.309 e. The van der Waals surface area contributed by atoms with Gasteiger partial charge in [0.15, 0.2) is 0 Å². The first-order valence-corrected chi connectivity index (χ1v) is 22.9. The summed E-state index contributed by atoms with van der Waals surface area (Å²) in [5.41, 5.74) is 17.5. The Morgan fingerprint density at radius 3 is 1.42 bits per heavy atom. The van der Waals surface area contributed by atoms with Crippen LogP contribution in [-0.2, 0) is 0 Å². The number of aromatic nitrogens is 3. The van der Waals surface area contributed by atoms with Crippen LogP contribution in [0, 0.1) is 0 Å². The lowest BCUT2D eigenvalue weighted by Crippen LogP contribution is -1.98. The fraction of sp³-hybridized carbons (Fsp3) is 0. The molecule has 13 rings (SSSR count). The van der Waals surface area contributed by atoms with Crippen molar-refractivity contribution in [1.29, 1.82) is 0 Å². The van der Waals surface area contributed by atoms with E-state index in [-0.39, 0.29) is 0 Å². The minimum Gasteiger partial charge on any atom is -0.309 e. The van der Waals surface area contributed by atoms with Gasteiger partial charge in [-0.25, -0.2) is 4.98 Å². The van der Waals surface area contributed by atoms with Crippen molar-refractivity contribution in [3.8, 4) is 67.3 Å². The zero-order valence-corrected chi connectivity index (χ0v) is 36.1. The number of thiophene rings is 1. The second-order valence-corrected chi connectivity index (χ2v) is 17.7. The molecule has 10 aromatic carbocycles. The average Bonchev–Trinajstić information content (AvgIpc) is 4.07. The summed E-state index contributed by atoms with van der Waals surface area (Å²) in [5.74, 6) is 0.924. The Balaban J connectivity index is 0.998. The van der Waals surface area contributed by atoms with Crippen LogP contribution in [0.1, 0.15) is 0 Å². The standard InChI is InChI=1S/C61H39N3S/c1-5-17-40(18-6-1)45-36-50(42-21-9-3-10-22-42)59-53(38-45)54-39-46(41-19-7-2-8-20-41)37-51(60(54)65-59)44-31-34-57-52(35-44)49-25-13-15-27-56(49)63(57)48-32-29-43(30-33-48)61-62-55-26-14-16-28-58(55)64(61)47-23-11-4-12-24-47/h1-39H. The van der Waals surface area contributed by atoms with Crippen LogP contribution in [0.3, 0.4) is 0 Å². The highest BCUT2D eigenvalue weighted by Crippen LogP contribution is 2.48. The molecule has 3 heterocycles. The molecular formula is C61H39N3S. The Morgan fingerprint density at radius 2 is 0.769 bits per heavy atom. The number of nitrogens with zero attached hydrogens (tertiary/aromatic N) is 3. The van der Waals surface area contributed by atoms with E-state index in [0.717, 1.165) is 33.8 Å². The topological polar surface area (TPSA) is 22.8 Å². The molecule has 304 valence electrons. The normalized spacial score (nSPS) is 11.7. The van der Waals surface area contributed by atoms with Gasteiger partial charge in [-0.1, -0.05) is 146 Å². The van der Waals surface area contributed by atoms with Gasteiger partial charge in [-0.2, -0.15) is 0 Å². The van der Waals surface area contributed by atoms with Gasteiger partial charge in [0.1, 0.15) is 5.82 Å². The second-order valence-electron chi connectivity index (χ2n) is 16.7. The van der Waals surface area contributed by atoms with E-state index in [0.29, 0.717) is 0 Å². The Bertz CT molecular complexity index is 3900. The quantitative estimate of drug-likeness (QED) is 0.157. The fourth-order valence-corrected chi connectivity index (χ4v) is 11.2. The maximum Gasteiger partial charge on any atom is 0.145 e. The van der Waals surface area contributed by atoms with Crippen LogP contribution in [0.25, 0.3) is 120 Å². The first-order valence-electron chi connectivity index (χ1n) is 22.1. The van der Waals surface area contributed by atoms with Gasteiger partial charge < -0.3 is 4.57 Å². The summed E-state index contributed by atoms with van der Waals surface area (Å²) in [5, 5.41) is 5.01. The zero-order chi connectivity index (χ0) is 42.8. The molecular weight excluding hydrogens is 807 g/mol. The van der Waals surface area contributed by atoms with Gasteiger partial charge in [0.25, 0.3) is 0 Å². The van der Waals surface area contributed by atoms with E-state index in [1.165, 1.54) is 86.5 Å². The number of fused-ring (bicyclic) bond motifs is 7. The average molecular weight is 846 g/mol. The first kappa shape index (κ1) is 37.3. The molecule has 4 heteroatoms. The van der Waals surface area contributed by atoms with Crippen molar-refractivity contribution in [2.24, 2.45) is 0 Å². The maximum atomic E-state index is 5.15. The number of imidazole rings is 1. The summed E-state index contributed by atoms with van der Waals surface area (Å²) in [6, 6.07) is 85.8. The molecule has 0 N–H and O–H groups in total. The second kappa shape index (κ2) is 15.2. The van der Waals surface area contributed by atoms with Gasteiger partial charge in [-0.3, -0.25) is 4.57 Å². The molecule has 0 radical (unpaired) electrons. The Labute approximate surface area is 380 Å². The Kier molecular flexibility index (Phi) is 8.71. The predicted molar refractivity (Wildman–Crippen MR) is 275 cm³/mol. The van der Waals surface area contributed by atoms with Crippen molar-refractivity contribution in [2.75, 3.05) is 0 Å². The first-order chi connectivity index (χ1) is 32.2. The van der Waals surface area contributed by atoms with Crippen LogP contribution < -0.4 is 0 Å². The van der Waals surface area contributed by atoms with Gasteiger partial charge in [-0.05, 0) is 124 Å². The molecule has 65 heavy (non-hydrogen) atoms. The molecule has 0 atom stereocenters. The third kappa shape index (κ3) is 6.22. The van der Waals surface area contributed by atoms with Crippen molar-refractivity contribution < 1.29 is 0 Å². The van der Waals surface area contributed by atoms with E-state index in [1.807, 2.05) is 11.3 Å². The third-order valence-corrected chi connectivity index (χ3v) is 14.2. The highest BCUT2D eigenvalue weighted by atomic mass is 32.1. The molecule has 13 aromatic rings. The number of rotatable bonds is 7. The number of hydrogen-bond acceptors (Lipinski definition) is 2. The zero-order valence-electron chi connectivity index (χ0n) is 35.3. The summed E-state index contributed by atoms with van der Waals surface area (Å²) < 4.78 is 7.27. The fourth-order valence-electron chi connectivity index (χ4n) is 9.86. The molecule has 3 aromatic heterocycles. The lowest BCUT2D eigenvalue weighted by molar-refractivity contribution is 1.10. The SMILES string of the molecule is c1ccc(-c2cc(-c3ccccc3)c3sc4c(-c5ccc6c(c5)c5ccccc5n6-c5ccc(-c6nc7ccccc7n6-c6ccccc6)cc5)cc(-c5ccccc5)cc4c3c2)cc1. The molecule has 0 amide bonds. The summed E-state index contributed by atoms with van der Waals surface area (Å²) in [6.07, 6.45) is 0. The summed E-state index contributed by atoms with van der Waals surface area (Å²) in [6.45, 7) is 0. The van der Waals surface area contributed by atoms with Gasteiger partial charge in [0.2, 0.25) is 0 Å². The van der Waals surface area contributed by atoms with Gasteiger partial charge in [-0.15, -0.1) is 11.3 Å². The Morgan fingerprint density at radius 1 is 0.292 bits per heavy atom. The van der Waals surface area contributed by atoms with Crippen LogP contribution in [0.4, 0.5) is 0 Å². The highest BCUT2D eigenvalue weighted by molar-refractivity contribution is 7.27.